The number of benzene rings is 1. The summed E-state index contributed by atoms with van der Waals surface area (Å²) in [5, 5.41) is 0.404. The van der Waals surface area contributed by atoms with Crippen molar-refractivity contribution in [2.75, 3.05) is 13.7 Å². The van der Waals surface area contributed by atoms with E-state index in [-0.39, 0.29) is 12.0 Å². The zero-order chi connectivity index (χ0) is 14.9. The summed E-state index contributed by atoms with van der Waals surface area (Å²) < 4.78 is 5.23. The first kappa shape index (κ1) is 14.8. The van der Waals surface area contributed by atoms with Crippen molar-refractivity contribution in [1.82, 2.24) is 4.90 Å². The maximum Gasteiger partial charge on any atom is 0.256 e. The molecule has 5 nitrogen and oxygen atoms in total. The van der Waals surface area contributed by atoms with Crippen LogP contribution in [0.5, 0.6) is 0 Å². The topological polar surface area (TPSA) is 72.6 Å². The van der Waals surface area contributed by atoms with Crippen molar-refractivity contribution in [3.05, 3.63) is 34.3 Å². The highest BCUT2D eigenvalue weighted by molar-refractivity contribution is 6.34. The Balaban J connectivity index is 2.31. The first-order valence-electron chi connectivity index (χ1n) is 6.34. The van der Waals surface area contributed by atoms with Crippen molar-refractivity contribution in [3.8, 4) is 0 Å². The number of halogens is 1. The molecule has 2 atom stereocenters. The van der Waals surface area contributed by atoms with Gasteiger partial charge in [-0.3, -0.25) is 9.59 Å². The van der Waals surface area contributed by atoms with Gasteiger partial charge in [-0.1, -0.05) is 23.7 Å². The SMILES string of the molecule is CO[C@H]1C[C@@H](C(N)=O)N(C(=O)c2cccc(C)c2Cl)C1. The average molecular weight is 297 g/mol. The fourth-order valence-electron chi connectivity index (χ4n) is 2.43. The van der Waals surface area contributed by atoms with Gasteiger partial charge in [0.15, 0.2) is 0 Å². The van der Waals surface area contributed by atoms with Crippen molar-refractivity contribution in [1.29, 1.82) is 0 Å². The minimum absolute atomic E-state index is 0.181. The second-order valence-corrected chi connectivity index (χ2v) is 5.28. The van der Waals surface area contributed by atoms with Crippen LogP contribution in [0.15, 0.2) is 18.2 Å². The van der Waals surface area contributed by atoms with Gasteiger partial charge in [-0.15, -0.1) is 0 Å². The summed E-state index contributed by atoms with van der Waals surface area (Å²) >= 11 is 6.17. The number of methoxy groups -OCH3 is 1. The molecule has 108 valence electrons. The number of hydrogen-bond donors (Lipinski definition) is 1. The second-order valence-electron chi connectivity index (χ2n) is 4.91. The lowest BCUT2D eigenvalue weighted by Crippen LogP contribution is -2.43. The molecule has 0 aromatic heterocycles. The molecule has 2 rings (SSSR count). The number of aryl methyl sites for hydroxylation is 1. The Morgan fingerprint density at radius 1 is 1.45 bits per heavy atom. The van der Waals surface area contributed by atoms with Gasteiger partial charge < -0.3 is 15.4 Å². The molecule has 0 bridgehead atoms. The smallest absolute Gasteiger partial charge is 0.256 e. The van der Waals surface area contributed by atoms with Crippen LogP contribution in [0.4, 0.5) is 0 Å². The lowest BCUT2D eigenvalue weighted by molar-refractivity contribution is -0.121. The molecule has 1 saturated heterocycles. The number of carbonyl (C=O) groups excluding carboxylic acids is 2. The third-order valence-electron chi connectivity index (χ3n) is 3.61. The lowest BCUT2D eigenvalue weighted by atomic mass is 10.1. The number of hydrogen-bond acceptors (Lipinski definition) is 3. The fourth-order valence-corrected chi connectivity index (χ4v) is 2.64. The minimum Gasteiger partial charge on any atom is -0.380 e. The van der Waals surface area contributed by atoms with Crippen LogP contribution in [0.2, 0.25) is 5.02 Å². The molecule has 0 radical (unpaired) electrons. The van der Waals surface area contributed by atoms with E-state index >= 15 is 0 Å². The number of amides is 2. The van der Waals surface area contributed by atoms with Crippen LogP contribution in [-0.4, -0.2) is 42.5 Å². The van der Waals surface area contributed by atoms with Gasteiger partial charge in [-0.25, -0.2) is 0 Å². The molecule has 20 heavy (non-hydrogen) atoms. The third kappa shape index (κ3) is 2.64. The Morgan fingerprint density at radius 3 is 2.75 bits per heavy atom. The van der Waals surface area contributed by atoms with E-state index in [1.54, 1.807) is 19.2 Å². The average Bonchev–Trinajstić information content (AvgIpc) is 2.85. The molecular formula is C14H17ClN2O3. The standard InChI is InChI=1S/C14H17ClN2O3/c1-8-4-3-5-10(12(8)15)14(19)17-7-9(20-2)6-11(17)13(16)18/h3-5,9,11H,6-7H2,1-2H3,(H2,16,18)/t9-,11-/m0/s1. The van der Waals surface area contributed by atoms with E-state index in [4.69, 9.17) is 22.1 Å². The number of carbonyl (C=O) groups is 2. The van der Waals surface area contributed by atoms with Crippen LogP contribution >= 0.6 is 11.6 Å². The summed E-state index contributed by atoms with van der Waals surface area (Å²) in [5.41, 5.74) is 6.57. The molecule has 0 aliphatic carbocycles. The summed E-state index contributed by atoms with van der Waals surface area (Å²) in [6.07, 6.45) is 0.237. The molecular weight excluding hydrogens is 280 g/mol. The van der Waals surface area contributed by atoms with E-state index in [0.717, 1.165) is 5.56 Å². The van der Waals surface area contributed by atoms with Crippen molar-refractivity contribution < 1.29 is 14.3 Å². The van der Waals surface area contributed by atoms with Gasteiger partial charge in [0.2, 0.25) is 5.91 Å². The van der Waals surface area contributed by atoms with Gasteiger partial charge in [-0.2, -0.15) is 0 Å². The monoisotopic (exact) mass is 296 g/mol. The molecule has 2 N–H and O–H groups in total. The van der Waals surface area contributed by atoms with Crippen LogP contribution in [0, 0.1) is 6.92 Å². The van der Waals surface area contributed by atoms with Gasteiger partial charge in [0.25, 0.3) is 5.91 Å². The van der Waals surface area contributed by atoms with E-state index < -0.39 is 11.9 Å². The molecule has 1 aliphatic heterocycles. The molecule has 0 unspecified atom stereocenters. The molecule has 0 saturated carbocycles. The van der Waals surface area contributed by atoms with E-state index in [1.165, 1.54) is 4.90 Å². The Labute approximate surface area is 122 Å². The predicted octanol–water partition coefficient (Wildman–Crippen LogP) is 1.36. The lowest BCUT2D eigenvalue weighted by Gasteiger charge is -2.22. The Bertz CT molecular complexity index is 547. The van der Waals surface area contributed by atoms with Gasteiger partial charge in [0.1, 0.15) is 6.04 Å². The van der Waals surface area contributed by atoms with E-state index in [0.29, 0.717) is 23.6 Å². The molecule has 1 aromatic carbocycles. The highest BCUT2D eigenvalue weighted by Crippen LogP contribution is 2.26. The Hall–Kier alpha value is -1.59. The zero-order valence-electron chi connectivity index (χ0n) is 11.4. The van der Waals surface area contributed by atoms with Gasteiger partial charge in [-0.05, 0) is 18.6 Å². The quantitative estimate of drug-likeness (QED) is 0.915. The van der Waals surface area contributed by atoms with Crippen LogP contribution in [0.3, 0.4) is 0 Å². The molecule has 2 amide bonds. The van der Waals surface area contributed by atoms with Crippen LogP contribution < -0.4 is 5.73 Å². The summed E-state index contributed by atoms with van der Waals surface area (Å²) in [5.74, 6) is -0.816. The molecule has 0 spiro atoms. The number of nitrogens with two attached hydrogens (primary N) is 1. The summed E-state index contributed by atoms with van der Waals surface area (Å²) in [7, 11) is 1.55. The van der Waals surface area contributed by atoms with Crippen LogP contribution in [0.25, 0.3) is 0 Å². The van der Waals surface area contributed by atoms with Crippen molar-refractivity contribution >= 4 is 23.4 Å². The first-order valence-corrected chi connectivity index (χ1v) is 6.71. The highest BCUT2D eigenvalue weighted by atomic mass is 35.5. The molecule has 1 heterocycles. The zero-order valence-corrected chi connectivity index (χ0v) is 12.2. The fraction of sp³-hybridized carbons (Fsp3) is 0.429. The molecule has 6 heteroatoms. The third-order valence-corrected chi connectivity index (χ3v) is 4.11. The highest BCUT2D eigenvalue weighted by Gasteiger charge is 2.39. The Morgan fingerprint density at radius 2 is 2.15 bits per heavy atom. The van der Waals surface area contributed by atoms with E-state index in [9.17, 15) is 9.59 Å². The number of primary amides is 1. The Kier molecular flexibility index (Phi) is 4.30. The van der Waals surface area contributed by atoms with Crippen molar-refractivity contribution in [3.63, 3.8) is 0 Å². The normalized spacial score (nSPS) is 22.1. The first-order chi connectivity index (χ1) is 9.45. The summed E-state index contributed by atoms with van der Waals surface area (Å²) in [6, 6.07) is 4.59. The van der Waals surface area contributed by atoms with Gasteiger partial charge in [0, 0.05) is 20.1 Å². The van der Waals surface area contributed by atoms with E-state index in [2.05, 4.69) is 0 Å². The maximum absolute atomic E-state index is 12.6. The van der Waals surface area contributed by atoms with Gasteiger partial charge >= 0.3 is 0 Å². The minimum atomic E-state index is -0.649. The van der Waals surface area contributed by atoms with Crippen molar-refractivity contribution in [2.24, 2.45) is 5.73 Å². The predicted molar refractivity (Wildman–Crippen MR) is 75.6 cm³/mol. The second kappa shape index (κ2) is 5.81. The number of ether oxygens (including phenoxy) is 1. The maximum atomic E-state index is 12.6. The molecule has 1 aliphatic rings. The molecule has 1 fully saturated rings. The largest absolute Gasteiger partial charge is 0.380 e. The van der Waals surface area contributed by atoms with Crippen LogP contribution in [-0.2, 0) is 9.53 Å². The summed E-state index contributed by atoms with van der Waals surface area (Å²) in [4.78, 5) is 25.5. The molecule has 1 aromatic rings. The van der Waals surface area contributed by atoms with Gasteiger partial charge in [0.05, 0.1) is 16.7 Å². The summed E-state index contributed by atoms with van der Waals surface area (Å²) in [6.45, 7) is 2.17. The number of nitrogens with zero attached hydrogens (tertiary/aromatic N) is 1. The number of likely N-dealkylation sites (tertiary alicyclic amines) is 1. The van der Waals surface area contributed by atoms with E-state index in [1.807, 2.05) is 13.0 Å². The van der Waals surface area contributed by atoms with Crippen LogP contribution in [0.1, 0.15) is 22.3 Å². The number of rotatable bonds is 3. The van der Waals surface area contributed by atoms with Crippen molar-refractivity contribution in [2.45, 2.75) is 25.5 Å².